The van der Waals surface area contributed by atoms with Crippen molar-refractivity contribution in [1.29, 1.82) is 0 Å². The Hall–Kier alpha value is -1.09. The van der Waals surface area contributed by atoms with Gasteiger partial charge in [-0.1, -0.05) is 35.3 Å². The maximum Gasteiger partial charge on any atom is 0.0453 e. The summed E-state index contributed by atoms with van der Waals surface area (Å²) in [6, 6.07) is 9.46. The lowest BCUT2D eigenvalue weighted by molar-refractivity contribution is 0.663. The Bertz CT molecular complexity index is 514. The Morgan fingerprint density at radius 2 is 2.00 bits per heavy atom. The van der Waals surface area contributed by atoms with Gasteiger partial charge in [0.15, 0.2) is 0 Å². The topological polar surface area (TPSA) is 38.9 Å². The Balaban J connectivity index is 2.01. The van der Waals surface area contributed by atoms with Crippen LogP contribution in [0.1, 0.15) is 11.1 Å². The third kappa shape index (κ3) is 3.70. The van der Waals surface area contributed by atoms with E-state index in [-0.39, 0.29) is 6.04 Å². The first-order valence-corrected chi connectivity index (χ1v) is 6.49. The minimum atomic E-state index is 0.0212. The van der Waals surface area contributed by atoms with E-state index in [1.165, 1.54) is 0 Å². The minimum absolute atomic E-state index is 0.0212. The zero-order chi connectivity index (χ0) is 13.0. The molecule has 0 bridgehead atoms. The molecular weight excluding hydrogens is 267 g/mol. The molecule has 2 nitrogen and oxygen atoms in total. The van der Waals surface area contributed by atoms with Gasteiger partial charge in [0.2, 0.25) is 0 Å². The first-order valence-electron chi connectivity index (χ1n) is 5.73. The highest BCUT2D eigenvalue weighted by molar-refractivity contribution is 6.35. The molecule has 2 aromatic rings. The van der Waals surface area contributed by atoms with Gasteiger partial charge in [-0.25, -0.2) is 0 Å². The van der Waals surface area contributed by atoms with Gasteiger partial charge in [0, 0.05) is 28.5 Å². The van der Waals surface area contributed by atoms with Crippen molar-refractivity contribution in [2.75, 3.05) is 0 Å². The van der Waals surface area contributed by atoms with Crippen molar-refractivity contribution >= 4 is 23.2 Å². The summed E-state index contributed by atoms with van der Waals surface area (Å²) in [5.74, 6) is 0. The van der Waals surface area contributed by atoms with Crippen molar-refractivity contribution in [2.45, 2.75) is 18.9 Å². The Labute approximate surface area is 117 Å². The summed E-state index contributed by atoms with van der Waals surface area (Å²) in [6.07, 6.45) is 5.10. The van der Waals surface area contributed by atoms with Crippen LogP contribution in [0.25, 0.3) is 0 Å². The van der Waals surface area contributed by atoms with Crippen LogP contribution in [0.3, 0.4) is 0 Å². The van der Waals surface area contributed by atoms with Gasteiger partial charge >= 0.3 is 0 Å². The van der Waals surface area contributed by atoms with Crippen molar-refractivity contribution in [2.24, 2.45) is 5.73 Å². The Kier molecular flexibility index (Phi) is 4.59. The van der Waals surface area contributed by atoms with Crippen molar-refractivity contribution in [3.8, 4) is 0 Å². The summed E-state index contributed by atoms with van der Waals surface area (Å²) < 4.78 is 0. The molecule has 0 spiro atoms. The van der Waals surface area contributed by atoms with Crippen molar-refractivity contribution in [1.82, 2.24) is 4.98 Å². The number of pyridine rings is 1. The normalized spacial score (nSPS) is 12.4. The van der Waals surface area contributed by atoms with Gasteiger partial charge in [0.05, 0.1) is 0 Å². The van der Waals surface area contributed by atoms with Crippen LogP contribution in [0, 0.1) is 0 Å². The first-order chi connectivity index (χ1) is 8.65. The summed E-state index contributed by atoms with van der Waals surface area (Å²) in [6.45, 7) is 0. The van der Waals surface area contributed by atoms with Crippen molar-refractivity contribution in [3.63, 3.8) is 0 Å². The van der Waals surface area contributed by atoms with Gasteiger partial charge in [0.1, 0.15) is 0 Å². The van der Waals surface area contributed by atoms with E-state index in [0.29, 0.717) is 10.0 Å². The Morgan fingerprint density at radius 1 is 1.17 bits per heavy atom. The highest BCUT2D eigenvalue weighted by atomic mass is 35.5. The molecular formula is C14H14Cl2N2. The number of benzene rings is 1. The van der Waals surface area contributed by atoms with Crippen LogP contribution >= 0.6 is 23.2 Å². The van der Waals surface area contributed by atoms with Gasteiger partial charge in [-0.3, -0.25) is 4.98 Å². The smallest absolute Gasteiger partial charge is 0.0453 e. The molecule has 94 valence electrons. The second-order valence-electron chi connectivity index (χ2n) is 4.27. The van der Waals surface area contributed by atoms with E-state index in [1.54, 1.807) is 12.3 Å². The van der Waals surface area contributed by atoms with E-state index in [4.69, 9.17) is 28.9 Å². The molecule has 0 amide bonds. The molecule has 2 N–H and O–H groups in total. The number of hydrogen-bond donors (Lipinski definition) is 1. The fraction of sp³-hybridized carbons (Fsp3) is 0.214. The van der Waals surface area contributed by atoms with E-state index in [9.17, 15) is 0 Å². The molecule has 0 aliphatic rings. The molecule has 1 aromatic heterocycles. The van der Waals surface area contributed by atoms with Crippen LogP contribution in [0.5, 0.6) is 0 Å². The molecule has 0 saturated heterocycles. The minimum Gasteiger partial charge on any atom is -0.327 e. The summed E-state index contributed by atoms with van der Waals surface area (Å²) >= 11 is 12.0. The molecule has 0 saturated carbocycles. The standard InChI is InChI=1S/C14H14Cl2N2/c15-12-4-3-11(14(16)8-12)7-13(17)6-10-2-1-5-18-9-10/h1-5,8-9,13H,6-7,17H2. The van der Waals surface area contributed by atoms with Crippen LogP contribution in [0.4, 0.5) is 0 Å². The van der Waals surface area contributed by atoms with Crippen LogP contribution in [-0.2, 0) is 12.8 Å². The number of aromatic nitrogens is 1. The number of halogens is 2. The van der Waals surface area contributed by atoms with Gasteiger partial charge < -0.3 is 5.73 Å². The SMILES string of the molecule is NC(Cc1cccnc1)Cc1ccc(Cl)cc1Cl. The molecule has 1 heterocycles. The maximum atomic E-state index is 6.13. The third-order valence-electron chi connectivity index (χ3n) is 2.72. The van der Waals surface area contributed by atoms with E-state index in [2.05, 4.69) is 4.98 Å². The molecule has 1 aromatic carbocycles. The quantitative estimate of drug-likeness (QED) is 0.931. The van der Waals surface area contributed by atoms with Crippen LogP contribution in [0.15, 0.2) is 42.7 Å². The highest BCUT2D eigenvalue weighted by Gasteiger charge is 2.08. The van der Waals surface area contributed by atoms with Gasteiger partial charge in [-0.2, -0.15) is 0 Å². The van der Waals surface area contributed by atoms with Gasteiger partial charge in [-0.15, -0.1) is 0 Å². The van der Waals surface area contributed by atoms with Crippen LogP contribution in [-0.4, -0.2) is 11.0 Å². The summed E-state index contributed by atoms with van der Waals surface area (Å²) in [7, 11) is 0. The molecule has 2 rings (SSSR count). The zero-order valence-corrected chi connectivity index (χ0v) is 11.3. The zero-order valence-electron chi connectivity index (χ0n) is 9.81. The second kappa shape index (κ2) is 6.19. The lowest BCUT2D eigenvalue weighted by Crippen LogP contribution is -2.25. The van der Waals surface area contributed by atoms with Crippen LogP contribution in [0.2, 0.25) is 10.0 Å². The summed E-state index contributed by atoms with van der Waals surface area (Å²) in [5.41, 5.74) is 8.29. The molecule has 18 heavy (non-hydrogen) atoms. The fourth-order valence-electron chi connectivity index (χ4n) is 1.86. The van der Waals surface area contributed by atoms with Crippen LogP contribution < -0.4 is 5.73 Å². The average Bonchev–Trinajstić information content (AvgIpc) is 2.34. The first kappa shape index (κ1) is 13.3. The monoisotopic (exact) mass is 280 g/mol. The largest absolute Gasteiger partial charge is 0.327 e. The average molecular weight is 281 g/mol. The lowest BCUT2D eigenvalue weighted by atomic mass is 10.0. The fourth-order valence-corrected chi connectivity index (χ4v) is 2.35. The van der Waals surface area contributed by atoms with Gasteiger partial charge in [0.25, 0.3) is 0 Å². The molecule has 0 aliphatic carbocycles. The third-order valence-corrected chi connectivity index (χ3v) is 3.30. The molecule has 4 heteroatoms. The summed E-state index contributed by atoms with van der Waals surface area (Å²) in [4.78, 5) is 4.07. The predicted molar refractivity (Wildman–Crippen MR) is 76.1 cm³/mol. The van der Waals surface area contributed by atoms with Gasteiger partial charge in [-0.05, 0) is 42.2 Å². The molecule has 1 unspecified atom stereocenters. The number of nitrogens with zero attached hydrogens (tertiary/aromatic N) is 1. The molecule has 0 fully saturated rings. The highest BCUT2D eigenvalue weighted by Crippen LogP contribution is 2.22. The van der Waals surface area contributed by atoms with Crippen molar-refractivity contribution < 1.29 is 0 Å². The second-order valence-corrected chi connectivity index (χ2v) is 5.11. The van der Waals surface area contributed by atoms with E-state index in [1.807, 2.05) is 30.5 Å². The number of hydrogen-bond acceptors (Lipinski definition) is 2. The van der Waals surface area contributed by atoms with Crippen molar-refractivity contribution in [3.05, 3.63) is 63.9 Å². The van der Waals surface area contributed by atoms with E-state index < -0.39 is 0 Å². The van der Waals surface area contributed by atoms with E-state index >= 15 is 0 Å². The predicted octanol–water partition coefficient (Wildman–Crippen LogP) is 3.50. The number of nitrogens with two attached hydrogens (primary N) is 1. The number of rotatable bonds is 4. The molecule has 1 atom stereocenters. The lowest BCUT2D eigenvalue weighted by Gasteiger charge is -2.12. The Morgan fingerprint density at radius 3 is 2.67 bits per heavy atom. The molecule has 0 aliphatic heterocycles. The van der Waals surface area contributed by atoms with E-state index in [0.717, 1.165) is 24.0 Å². The summed E-state index contributed by atoms with van der Waals surface area (Å²) in [5, 5.41) is 1.31. The molecule has 0 radical (unpaired) electrons. The maximum absolute atomic E-state index is 6.13.